The predicted molar refractivity (Wildman–Crippen MR) is 68.9 cm³/mol. The first-order valence-corrected chi connectivity index (χ1v) is 6.43. The molecule has 0 fully saturated rings. The summed E-state index contributed by atoms with van der Waals surface area (Å²) in [6, 6.07) is 0. The van der Waals surface area contributed by atoms with Crippen LogP contribution in [0.3, 0.4) is 0 Å². The van der Waals surface area contributed by atoms with Gasteiger partial charge in [0.1, 0.15) is 0 Å². The molecule has 0 radical (unpaired) electrons. The Balaban J connectivity index is 3.87. The highest BCUT2D eigenvalue weighted by molar-refractivity contribution is 7.78. The van der Waals surface area contributed by atoms with Gasteiger partial charge in [-0.1, -0.05) is 58.7 Å². The van der Waals surface area contributed by atoms with Crippen LogP contribution in [0.1, 0.15) is 65.7 Å². The van der Waals surface area contributed by atoms with Crippen LogP contribution in [0.15, 0.2) is 0 Å². The third-order valence-electron chi connectivity index (χ3n) is 3.23. The first-order valence-electron chi connectivity index (χ1n) is 5.96. The molecule has 0 amide bonds. The van der Waals surface area contributed by atoms with E-state index in [1.165, 1.54) is 44.9 Å². The number of thiocarbonyl (C=S) groups is 1. The Bertz CT molecular complexity index is 141. The number of rotatable bonds is 9. The van der Waals surface area contributed by atoms with Gasteiger partial charge in [-0.2, -0.15) is 0 Å². The molecule has 0 heterocycles. The summed E-state index contributed by atoms with van der Waals surface area (Å²) in [6.45, 7) is 6.74. The largest absolute Gasteiger partial charge is 0.377 e. The molecule has 84 valence electrons. The molecule has 0 saturated carbocycles. The highest BCUT2D eigenvalue weighted by atomic mass is 32.1. The second kappa shape index (κ2) is 8.22. The minimum Gasteiger partial charge on any atom is -0.377 e. The van der Waals surface area contributed by atoms with E-state index in [-0.39, 0.29) is 5.54 Å². The molecule has 0 spiro atoms. The van der Waals surface area contributed by atoms with Crippen molar-refractivity contribution in [3.63, 3.8) is 0 Å². The van der Waals surface area contributed by atoms with Crippen molar-refractivity contribution >= 4 is 17.7 Å². The van der Waals surface area contributed by atoms with Crippen LogP contribution in [0.25, 0.3) is 0 Å². The first kappa shape index (κ1) is 13.9. The lowest BCUT2D eigenvalue weighted by Gasteiger charge is -2.32. The average molecular weight is 215 g/mol. The fourth-order valence-electron chi connectivity index (χ4n) is 1.90. The van der Waals surface area contributed by atoms with Crippen LogP contribution in [-0.4, -0.2) is 11.0 Å². The van der Waals surface area contributed by atoms with Gasteiger partial charge < -0.3 is 5.32 Å². The van der Waals surface area contributed by atoms with Gasteiger partial charge in [-0.3, -0.25) is 0 Å². The molecule has 0 aromatic heterocycles. The Labute approximate surface area is 94.7 Å². The maximum atomic E-state index is 4.90. The molecule has 0 aromatic carbocycles. The summed E-state index contributed by atoms with van der Waals surface area (Å²) in [5.41, 5.74) is 1.96. The predicted octanol–water partition coefficient (Wildman–Crippen LogP) is 4.06. The lowest BCUT2D eigenvalue weighted by Crippen LogP contribution is -2.42. The van der Waals surface area contributed by atoms with E-state index in [1.807, 2.05) is 0 Å². The maximum Gasteiger partial charge on any atom is 0.0619 e. The summed E-state index contributed by atoms with van der Waals surface area (Å²) < 4.78 is 0. The van der Waals surface area contributed by atoms with E-state index < -0.39 is 0 Å². The SMILES string of the molecule is CCCCCCC(CC)(CC)NC=S. The van der Waals surface area contributed by atoms with Crippen LogP contribution < -0.4 is 5.32 Å². The first-order chi connectivity index (χ1) is 6.74. The van der Waals surface area contributed by atoms with E-state index in [0.29, 0.717) is 0 Å². The summed E-state index contributed by atoms with van der Waals surface area (Å²) in [5, 5.41) is 3.36. The molecule has 0 rings (SSSR count). The fraction of sp³-hybridized carbons (Fsp3) is 0.917. The quantitative estimate of drug-likeness (QED) is 0.460. The summed E-state index contributed by atoms with van der Waals surface area (Å²) in [4.78, 5) is 0. The van der Waals surface area contributed by atoms with Gasteiger partial charge in [-0.25, -0.2) is 0 Å². The van der Waals surface area contributed by atoms with Crippen LogP contribution in [0.5, 0.6) is 0 Å². The van der Waals surface area contributed by atoms with Crippen molar-refractivity contribution in [1.29, 1.82) is 0 Å². The Kier molecular flexibility index (Phi) is 8.15. The maximum absolute atomic E-state index is 4.90. The van der Waals surface area contributed by atoms with Crippen LogP contribution >= 0.6 is 12.2 Å². The zero-order chi connectivity index (χ0) is 10.9. The Morgan fingerprint density at radius 3 is 2.14 bits per heavy atom. The monoisotopic (exact) mass is 215 g/mol. The fourth-order valence-corrected chi connectivity index (χ4v) is 2.15. The van der Waals surface area contributed by atoms with Crippen LogP contribution in [0.4, 0.5) is 0 Å². The van der Waals surface area contributed by atoms with Gasteiger partial charge >= 0.3 is 0 Å². The van der Waals surface area contributed by atoms with Crippen molar-refractivity contribution in [3.05, 3.63) is 0 Å². The molecule has 0 bridgehead atoms. The van der Waals surface area contributed by atoms with Gasteiger partial charge in [-0.15, -0.1) is 0 Å². The zero-order valence-corrected chi connectivity index (χ0v) is 10.8. The minimum absolute atomic E-state index is 0.273. The Morgan fingerprint density at radius 1 is 1.07 bits per heavy atom. The number of hydrogen-bond acceptors (Lipinski definition) is 1. The van der Waals surface area contributed by atoms with E-state index in [4.69, 9.17) is 12.2 Å². The number of nitrogens with one attached hydrogen (secondary N) is 1. The van der Waals surface area contributed by atoms with Gasteiger partial charge in [0.2, 0.25) is 0 Å². The summed E-state index contributed by atoms with van der Waals surface area (Å²) in [5.74, 6) is 0. The molecule has 1 N–H and O–H groups in total. The van der Waals surface area contributed by atoms with Crippen molar-refractivity contribution in [2.75, 3.05) is 0 Å². The highest BCUT2D eigenvalue weighted by Crippen LogP contribution is 2.22. The molecule has 2 heteroatoms. The van der Waals surface area contributed by atoms with Gasteiger partial charge in [0.25, 0.3) is 0 Å². The third kappa shape index (κ3) is 4.94. The smallest absolute Gasteiger partial charge is 0.0619 e. The van der Waals surface area contributed by atoms with E-state index in [0.717, 1.165) is 0 Å². The van der Waals surface area contributed by atoms with Crippen molar-refractivity contribution in [2.24, 2.45) is 0 Å². The number of unbranched alkanes of at least 4 members (excludes halogenated alkanes) is 3. The van der Waals surface area contributed by atoms with Gasteiger partial charge in [0.05, 0.1) is 5.49 Å². The minimum atomic E-state index is 0.273. The highest BCUT2D eigenvalue weighted by Gasteiger charge is 2.23. The van der Waals surface area contributed by atoms with Gasteiger partial charge in [0, 0.05) is 5.54 Å². The average Bonchev–Trinajstić information content (AvgIpc) is 2.23. The van der Waals surface area contributed by atoms with E-state index in [1.54, 1.807) is 5.49 Å². The van der Waals surface area contributed by atoms with Gasteiger partial charge in [0.15, 0.2) is 0 Å². The molecule has 0 unspecified atom stereocenters. The summed E-state index contributed by atoms with van der Waals surface area (Å²) >= 11 is 4.90. The van der Waals surface area contributed by atoms with Gasteiger partial charge in [-0.05, 0) is 19.3 Å². The normalized spacial score (nSPS) is 11.4. The van der Waals surface area contributed by atoms with E-state index >= 15 is 0 Å². The Hall–Kier alpha value is -0.110. The lowest BCUT2D eigenvalue weighted by molar-refractivity contribution is 0.317. The van der Waals surface area contributed by atoms with Crippen molar-refractivity contribution in [1.82, 2.24) is 5.32 Å². The molecule has 0 aliphatic carbocycles. The molecule has 0 saturated heterocycles. The molecule has 0 aromatic rings. The van der Waals surface area contributed by atoms with Crippen molar-refractivity contribution < 1.29 is 0 Å². The zero-order valence-electron chi connectivity index (χ0n) is 9.94. The second-order valence-corrected chi connectivity index (χ2v) is 4.30. The van der Waals surface area contributed by atoms with Crippen LogP contribution in [-0.2, 0) is 0 Å². The van der Waals surface area contributed by atoms with Crippen LogP contribution in [0, 0.1) is 0 Å². The molecule has 0 aliphatic rings. The molecule has 14 heavy (non-hydrogen) atoms. The second-order valence-electron chi connectivity index (χ2n) is 4.06. The molecule has 1 nitrogen and oxygen atoms in total. The molecular weight excluding hydrogens is 190 g/mol. The van der Waals surface area contributed by atoms with E-state index in [9.17, 15) is 0 Å². The molecular formula is C12H25NS. The third-order valence-corrected chi connectivity index (χ3v) is 3.35. The van der Waals surface area contributed by atoms with Crippen LogP contribution in [0.2, 0.25) is 0 Å². The molecule has 0 aliphatic heterocycles. The summed E-state index contributed by atoms with van der Waals surface area (Å²) in [7, 11) is 0. The standard InChI is InChI=1S/C12H25NS/c1-4-7-8-9-10-12(5-2,6-3)13-11-14/h11H,4-10H2,1-3H3,(H,13,14). The van der Waals surface area contributed by atoms with Crippen molar-refractivity contribution in [2.45, 2.75) is 71.3 Å². The lowest BCUT2D eigenvalue weighted by atomic mass is 9.87. The summed E-state index contributed by atoms with van der Waals surface area (Å²) in [6.07, 6.45) is 8.95. The topological polar surface area (TPSA) is 12.0 Å². The van der Waals surface area contributed by atoms with Crippen molar-refractivity contribution in [3.8, 4) is 0 Å². The molecule has 0 atom stereocenters. The Morgan fingerprint density at radius 2 is 1.71 bits per heavy atom. The van der Waals surface area contributed by atoms with E-state index in [2.05, 4.69) is 26.1 Å². The number of hydrogen-bond donors (Lipinski definition) is 1.